The molecule has 1 atom stereocenters. The second-order valence-corrected chi connectivity index (χ2v) is 8.33. The summed E-state index contributed by atoms with van der Waals surface area (Å²) in [6.45, 7) is 5.14. The van der Waals surface area contributed by atoms with Crippen LogP contribution in [0.25, 0.3) is 10.9 Å². The third-order valence-corrected chi connectivity index (χ3v) is 5.96. The molecule has 1 unspecified atom stereocenters. The van der Waals surface area contributed by atoms with E-state index in [2.05, 4.69) is 27.4 Å². The number of fused-ring (bicyclic) bond motifs is 1. The Morgan fingerprint density at radius 2 is 2.03 bits per heavy atom. The summed E-state index contributed by atoms with van der Waals surface area (Å²) in [6.07, 6.45) is 5.07. The normalized spacial score (nSPS) is 15.4. The highest BCUT2D eigenvalue weighted by atomic mass is 35.5. The number of carbonyl (C=O) groups is 1. The van der Waals surface area contributed by atoms with Crippen molar-refractivity contribution in [3.63, 3.8) is 0 Å². The molecule has 1 fully saturated rings. The summed E-state index contributed by atoms with van der Waals surface area (Å²) >= 11 is 5.91. The molecule has 2 N–H and O–H groups in total. The lowest BCUT2D eigenvalue weighted by Crippen LogP contribution is -2.41. The second-order valence-electron chi connectivity index (χ2n) is 7.92. The first kappa shape index (κ1) is 23.9. The van der Waals surface area contributed by atoms with Gasteiger partial charge in [-0.05, 0) is 37.3 Å². The number of pyridine rings is 1. The monoisotopic (exact) mass is 484 g/mol. The molecular formula is C25H26ClFN4O3. The number of benzene rings is 2. The molecule has 0 aliphatic carbocycles. The van der Waals surface area contributed by atoms with Crippen molar-refractivity contribution in [3.05, 3.63) is 65.6 Å². The molecule has 1 saturated heterocycles. The van der Waals surface area contributed by atoms with Crippen molar-refractivity contribution >= 4 is 45.5 Å². The van der Waals surface area contributed by atoms with E-state index >= 15 is 0 Å². The van der Waals surface area contributed by atoms with Gasteiger partial charge < -0.3 is 20.1 Å². The van der Waals surface area contributed by atoms with Gasteiger partial charge in [-0.15, -0.1) is 0 Å². The second kappa shape index (κ2) is 10.8. The highest BCUT2D eigenvalue weighted by Crippen LogP contribution is 2.34. The molecule has 0 saturated carbocycles. The first-order valence-electron chi connectivity index (χ1n) is 10.9. The van der Waals surface area contributed by atoms with Gasteiger partial charge in [0.15, 0.2) is 0 Å². The van der Waals surface area contributed by atoms with Gasteiger partial charge in [-0.3, -0.25) is 14.7 Å². The number of methoxy groups -OCH3 is 1. The van der Waals surface area contributed by atoms with Crippen molar-refractivity contribution in [2.24, 2.45) is 0 Å². The third kappa shape index (κ3) is 5.64. The van der Waals surface area contributed by atoms with Crippen LogP contribution >= 0.6 is 11.6 Å². The number of hydrogen-bond donors (Lipinski definition) is 2. The number of nitrogens with one attached hydrogen (secondary N) is 2. The Morgan fingerprint density at radius 3 is 2.76 bits per heavy atom. The molecule has 2 aromatic carbocycles. The number of morpholine rings is 1. The number of ether oxygens (including phenoxy) is 2. The van der Waals surface area contributed by atoms with Crippen molar-refractivity contribution < 1.29 is 18.7 Å². The maximum Gasteiger partial charge on any atom is 0.248 e. The van der Waals surface area contributed by atoms with Crippen molar-refractivity contribution in [1.29, 1.82) is 0 Å². The van der Waals surface area contributed by atoms with E-state index in [0.717, 1.165) is 24.2 Å². The minimum atomic E-state index is -0.488. The van der Waals surface area contributed by atoms with Crippen LogP contribution in [0.2, 0.25) is 5.02 Å². The van der Waals surface area contributed by atoms with Crippen molar-refractivity contribution in [2.45, 2.75) is 13.0 Å². The van der Waals surface area contributed by atoms with E-state index < -0.39 is 5.82 Å². The van der Waals surface area contributed by atoms with E-state index in [-0.39, 0.29) is 17.0 Å². The van der Waals surface area contributed by atoms with E-state index in [0.29, 0.717) is 35.9 Å². The molecule has 1 aromatic heterocycles. The Morgan fingerprint density at radius 1 is 1.24 bits per heavy atom. The summed E-state index contributed by atoms with van der Waals surface area (Å²) in [6, 6.07) is 9.88. The van der Waals surface area contributed by atoms with E-state index in [1.165, 1.54) is 25.3 Å². The van der Waals surface area contributed by atoms with Gasteiger partial charge in [0.1, 0.15) is 11.6 Å². The van der Waals surface area contributed by atoms with Crippen LogP contribution < -0.4 is 15.4 Å². The first-order valence-corrected chi connectivity index (χ1v) is 11.3. The fraction of sp³-hybridized carbons (Fsp3) is 0.280. The summed E-state index contributed by atoms with van der Waals surface area (Å²) < 4.78 is 24.4. The van der Waals surface area contributed by atoms with Crippen LogP contribution in [-0.4, -0.2) is 55.2 Å². The largest absolute Gasteiger partial charge is 0.494 e. The van der Waals surface area contributed by atoms with Gasteiger partial charge in [-0.2, -0.15) is 0 Å². The molecule has 4 rings (SSSR count). The number of amides is 1. The molecule has 3 aromatic rings. The Hall–Kier alpha value is -3.20. The Kier molecular flexibility index (Phi) is 7.62. The summed E-state index contributed by atoms with van der Waals surface area (Å²) in [7, 11) is 1.54. The number of rotatable bonds is 7. The van der Waals surface area contributed by atoms with E-state index in [4.69, 9.17) is 21.1 Å². The lowest BCUT2D eigenvalue weighted by molar-refractivity contribution is -0.112. The number of carbonyl (C=O) groups excluding carboxylic acids is 1. The Balaban J connectivity index is 1.56. The zero-order valence-corrected chi connectivity index (χ0v) is 19.7. The quantitative estimate of drug-likeness (QED) is 0.460. The lowest BCUT2D eigenvalue weighted by atomic mass is 10.1. The van der Waals surface area contributed by atoms with Crippen molar-refractivity contribution in [2.75, 3.05) is 44.0 Å². The van der Waals surface area contributed by atoms with Crippen molar-refractivity contribution in [1.82, 2.24) is 9.88 Å². The van der Waals surface area contributed by atoms with Crippen LogP contribution in [0.4, 0.5) is 21.5 Å². The number of aromatic nitrogens is 1. The average Bonchev–Trinajstić information content (AvgIpc) is 2.85. The maximum absolute atomic E-state index is 13.5. The smallest absolute Gasteiger partial charge is 0.248 e. The van der Waals surface area contributed by atoms with Gasteiger partial charge in [0.25, 0.3) is 0 Å². The zero-order chi connectivity index (χ0) is 24.1. The molecule has 9 heteroatoms. The molecule has 178 valence electrons. The predicted molar refractivity (Wildman–Crippen MR) is 133 cm³/mol. The SMILES string of the molecule is COc1cc2nccc(Nc3ccc(F)c(Cl)c3)c2cc1NC(=O)/C=C/C(C)N1CCOCC1. The number of nitrogens with zero attached hydrogens (tertiary/aromatic N) is 2. The standard InChI is InChI=1S/C25H26ClFN4O3/c1-16(31-9-11-34-12-10-31)3-6-25(32)30-23-14-18-21(7-8-28-22(18)15-24(23)33-2)29-17-4-5-20(27)19(26)13-17/h3-8,13-16H,9-12H2,1-2H3,(H,28,29)(H,30,32)/b6-3+. The summed E-state index contributed by atoms with van der Waals surface area (Å²) in [5.41, 5.74) is 2.53. The lowest BCUT2D eigenvalue weighted by Gasteiger charge is -2.30. The highest BCUT2D eigenvalue weighted by Gasteiger charge is 2.16. The molecule has 2 heterocycles. The number of hydrogen-bond acceptors (Lipinski definition) is 6. The van der Waals surface area contributed by atoms with Gasteiger partial charge in [-0.1, -0.05) is 17.7 Å². The maximum atomic E-state index is 13.5. The van der Waals surface area contributed by atoms with Gasteiger partial charge >= 0.3 is 0 Å². The predicted octanol–water partition coefficient (Wildman–Crippen LogP) is 4.99. The average molecular weight is 485 g/mol. The highest BCUT2D eigenvalue weighted by molar-refractivity contribution is 6.31. The summed E-state index contributed by atoms with van der Waals surface area (Å²) in [5, 5.41) is 6.91. The van der Waals surface area contributed by atoms with Crippen LogP contribution in [0.3, 0.4) is 0 Å². The summed E-state index contributed by atoms with van der Waals surface area (Å²) in [5.74, 6) is -0.260. The molecule has 34 heavy (non-hydrogen) atoms. The van der Waals surface area contributed by atoms with E-state index in [9.17, 15) is 9.18 Å². The summed E-state index contributed by atoms with van der Waals surface area (Å²) in [4.78, 5) is 19.3. The molecule has 0 bridgehead atoms. The molecule has 0 radical (unpaired) electrons. The Labute approximate surface area is 202 Å². The van der Waals surface area contributed by atoms with Crippen LogP contribution in [0.15, 0.2) is 54.7 Å². The molecule has 1 aliphatic heterocycles. The number of anilines is 3. The van der Waals surface area contributed by atoms with E-state index in [1.807, 2.05) is 6.08 Å². The van der Waals surface area contributed by atoms with Crippen LogP contribution in [0.5, 0.6) is 5.75 Å². The minimum Gasteiger partial charge on any atom is -0.494 e. The molecule has 0 spiro atoms. The van der Waals surface area contributed by atoms with Gasteiger partial charge in [-0.25, -0.2) is 4.39 Å². The Bertz CT molecular complexity index is 1210. The van der Waals surface area contributed by atoms with Crippen LogP contribution in [0, 0.1) is 5.82 Å². The fourth-order valence-corrected chi connectivity index (χ4v) is 3.97. The minimum absolute atomic E-state index is 0.0241. The van der Waals surface area contributed by atoms with Gasteiger partial charge in [0.2, 0.25) is 5.91 Å². The van der Waals surface area contributed by atoms with Crippen LogP contribution in [-0.2, 0) is 9.53 Å². The van der Waals surface area contributed by atoms with Crippen LogP contribution in [0.1, 0.15) is 6.92 Å². The zero-order valence-electron chi connectivity index (χ0n) is 19.0. The van der Waals surface area contributed by atoms with E-state index in [1.54, 1.807) is 30.5 Å². The van der Waals surface area contributed by atoms with Crippen molar-refractivity contribution in [3.8, 4) is 5.75 Å². The topological polar surface area (TPSA) is 75.7 Å². The van der Waals surface area contributed by atoms with Gasteiger partial charge in [0, 0.05) is 54.2 Å². The molecular weight excluding hydrogens is 459 g/mol. The first-order chi connectivity index (χ1) is 16.4. The number of halogens is 2. The third-order valence-electron chi connectivity index (χ3n) is 5.67. The fourth-order valence-electron chi connectivity index (χ4n) is 3.79. The van der Waals surface area contributed by atoms with Gasteiger partial charge in [0.05, 0.1) is 36.6 Å². The molecule has 1 amide bonds. The molecule has 7 nitrogen and oxygen atoms in total. The molecule has 1 aliphatic rings.